The number of ether oxygens (including phenoxy) is 1. The smallest absolute Gasteiger partial charge is 0.0593 e. The standard InChI is InChI=1S/C11H23NO/c1-9(2)11-7-12(10(3)4)5-6-13-8-11/h9-11H,5-8H2,1-4H3/t11-/m1/s1. The van der Waals surface area contributed by atoms with Gasteiger partial charge in [0, 0.05) is 19.1 Å². The molecule has 0 radical (unpaired) electrons. The van der Waals surface area contributed by atoms with E-state index in [1.54, 1.807) is 0 Å². The molecular formula is C11H23NO. The van der Waals surface area contributed by atoms with Gasteiger partial charge in [-0.3, -0.25) is 4.90 Å². The lowest BCUT2D eigenvalue weighted by molar-refractivity contribution is 0.108. The van der Waals surface area contributed by atoms with Crippen molar-refractivity contribution in [3.63, 3.8) is 0 Å². The van der Waals surface area contributed by atoms with Gasteiger partial charge < -0.3 is 4.74 Å². The Morgan fingerprint density at radius 2 is 1.92 bits per heavy atom. The Bertz CT molecular complexity index is 129. The SMILES string of the molecule is CC(C)[C@H]1COCCN(C(C)C)C1. The summed E-state index contributed by atoms with van der Waals surface area (Å²) >= 11 is 0. The maximum absolute atomic E-state index is 5.61. The molecule has 1 fully saturated rings. The minimum Gasteiger partial charge on any atom is -0.380 e. The molecule has 1 heterocycles. The molecule has 0 amide bonds. The monoisotopic (exact) mass is 185 g/mol. The number of rotatable bonds is 2. The molecule has 13 heavy (non-hydrogen) atoms. The van der Waals surface area contributed by atoms with Crippen LogP contribution in [0.3, 0.4) is 0 Å². The first-order valence-corrected chi connectivity index (χ1v) is 5.43. The molecule has 0 saturated carbocycles. The highest BCUT2D eigenvalue weighted by Crippen LogP contribution is 2.17. The van der Waals surface area contributed by atoms with Gasteiger partial charge in [0.15, 0.2) is 0 Å². The fourth-order valence-electron chi connectivity index (χ4n) is 1.73. The molecule has 1 saturated heterocycles. The van der Waals surface area contributed by atoms with Gasteiger partial charge in [0.2, 0.25) is 0 Å². The van der Waals surface area contributed by atoms with Crippen molar-refractivity contribution in [3.05, 3.63) is 0 Å². The molecule has 1 aliphatic heterocycles. The highest BCUT2D eigenvalue weighted by molar-refractivity contribution is 4.73. The van der Waals surface area contributed by atoms with Crippen LogP contribution in [-0.4, -0.2) is 37.2 Å². The van der Waals surface area contributed by atoms with Crippen molar-refractivity contribution < 1.29 is 4.74 Å². The fourth-order valence-corrected chi connectivity index (χ4v) is 1.73. The van der Waals surface area contributed by atoms with Crippen LogP contribution in [-0.2, 0) is 4.74 Å². The molecule has 0 aromatic carbocycles. The normalized spacial score (nSPS) is 26.8. The van der Waals surface area contributed by atoms with Crippen molar-refractivity contribution in [3.8, 4) is 0 Å². The van der Waals surface area contributed by atoms with Crippen LogP contribution in [0.1, 0.15) is 27.7 Å². The molecule has 1 rings (SSSR count). The third kappa shape index (κ3) is 3.28. The Morgan fingerprint density at radius 3 is 2.46 bits per heavy atom. The van der Waals surface area contributed by atoms with E-state index in [0.717, 1.165) is 25.7 Å². The molecular weight excluding hydrogens is 162 g/mol. The Labute approximate surface area is 82.3 Å². The number of hydrogen-bond acceptors (Lipinski definition) is 2. The summed E-state index contributed by atoms with van der Waals surface area (Å²) in [6, 6.07) is 0.656. The Morgan fingerprint density at radius 1 is 1.23 bits per heavy atom. The maximum atomic E-state index is 5.61. The molecule has 1 aliphatic rings. The van der Waals surface area contributed by atoms with Gasteiger partial charge in [-0.25, -0.2) is 0 Å². The second kappa shape index (κ2) is 4.97. The number of nitrogens with zero attached hydrogens (tertiary/aromatic N) is 1. The summed E-state index contributed by atoms with van der Waals surface area (Å²) in [6.07, 6.45) is 0. The second-order valence-corrected chi connectivity index (χ2v) is 4.67. The Balaban J connectivity index is 2.49. The highest BCUT2D eigenvalue weighted by Gasteiger charge is 2.22. The van der Waals surface area contributed by atoms with Gasteiger partial charge in [0.1, 0.15) is 0 Å². The third-order valence-corrected chi connectivity index (χ3v) is 3.00. The summed E-state index contributed by atoms with van der Waals surface area (Å²) in [5.41, 5.74) is 0. The minimum absolute atomic E-state index is 0.656. The van der Waals surface area contributed by atoms with Crippen LogP contribution in [0.2, 0.25) is 0 Å². The van der Waals surface area contributed by atoms with Crippen molar-refractivity contribution in [2.24, 2.45) is 11.8 Å². The van der Waals surface area contributed by atoms with Crippen molar-refractivity contribution in [2.75, 3.05) is 26.3 Å². The molecule has 2 heteroatoms. The third-order valence-electron chi connectivity index (χ3n) is 3.00. The largest absolute Gasteiger partial charge is 0.380 e. The van der Waals surface area contributed by atoms with Gasteiger partial charge >= 0.3 is 0 Å². The zero-order chi connectivity index (χ0) is 9.84. The molecule has 0 spiro atoms. The van der Waals surface area contributed by atoms with E-state index < -0.39 is 0 Å². The number of hydrogen-bond donors (Lipinski definition) is 0. The van der Waals surface area contributed by atoms with Crippen LogP contribution in [0.4, 0.5) is 0 Å². The lowest BCUT2D eigenvalue weighted by Gasteiger charge is -2.28. The summed E-state index contributed by atoms with van der Waals surface area (Å²) in [6.45, 7) is 13.3. The van der Waals surface area contributed by atoms with Crippen molar-refractivity contribution in [1.29, 1.82) is 0 Å². The molecule has 0 aliphatic carbocycles. The van der Waals surface area contributed by atoms with E-state index in [-0.39, 0.29) is 0 Å². The van der Waals surface area contributed by atoms with E-state index in [0.29, 0.717) is 12.0 Å². The van der Waals surface area contributed by atoms with Crippen molar-refractivity contribution in [1.82, 2.24) is 4.90 Å². The van der Waals surface area contributed by atoms with E-state index in [9.17, 15) is 0 Å². The van der Waals surface area contributed by atoms with Crippen LogP contribution in [0, 0.1) is 11.8 Å². The molecule has 0 unspecified atom stereocenters. The van der Waals surface area contributed by atoms with Crippen LogP contribution in [0.15, 0.2) is 0 Å². The molecule has 2 nitrogen and oxygen atoms in total. The van der Waals surface area contributed by atoms with Gasteiger partial charge in [0.05, 0.1) is 13.2 Å². The average Bonchev–Trinajstić information content (AvgIpc) is 2.28. The van der Waals surface area contributed by atoms with Gasteiger partial charge in [0.25, 0.3) is 0 Å². The van der Waals surface area contributed by atoms with Crippen LogP contribution in [0.5, 0.6) is 0 Å². The van der Waals surface area contributed by atoms with Gasteiger partial charge in [-0.15, -0.1) is 0 Å². The first kappa shape index (κ1) is 11.0. The van der Waals surface area contributed by atoms with E-state index in [4.69, 9.17) is 4.74 Å². The lowest BCUT2D eigenvalue weighted by Crippen LogP contribution is -2.37. The highest BCUT2D eigenvalue weighted by atomic mass is 16.5. The summed E-state index contributed by atoms with van der Waals surface area (Å²) in [5, 5.41) is 0. The molecule has 78 valence electrons. The summed E-state index contributed by atoms with van der Waals surface area (Å²) < 4.78 is 5.61. The minimum atomic E-state index is 0.656. The molecule has 0 aromatic rings. The quantitative estimate of drug-likeness (QED) is 0.652. The van der Waals surface area contributed by atoms with Crippen LogP contribution in [0.25, 0.3) is 0 Å². The molecule has 0 N–H and O–H groups in total. The van der Waals surface area contributed by atoms with Gasteiger partial charge in [-0.1, -0.05) is 13.8 Å². The zero-order valence-electron chi connectivity index (χ0n) is 9.42. The van der Waals surface area contributed by atoms with E-state index in [1.165, 1.54) is 6.54 Å². The Hall–Kier alpha value is -0.0800. The van der Waals surface area contributed by atoms with Crippen molar-refractivity contribution in [2.45, 2.75) is 33.7 Å². The predicted octanol–water partition coefficient (Wildman–Crippen LogP) is 2.00. The summed E-state index contributed by atoms with van der Waals surface area (Å²) in [7, 11) is 0. The maximum Gasteiger partial charge on any atom is 0.0593 e. The average molecular weight is 185 g/mol. The van der Waals surface area contributed by atoms with E-state index in [1.807, 2.05) is 0 Å². The van der Waals surface area contributed by atoms with Crippen molar-refractivity contribution >= 4 is 0 Å². The lowest BCUT2D eigenvalue weighted by atomic mass is 9.96. The summed E-state index contributed by atoms with van der Waals surface area (Å²) in [4.78, 5) is 2.53. The predicted molar refractivity (Wildman–Crippen MR) is 55.9 cm³/mol. The first-order chi connectivity index (χ1) is 6.11. The first-order valence-electron chi connectivity index (χ1n) is 5.43. The second-order valence-electron chi connectivity index (χ2n) is 4.67. The summed E-state index contributed by atoms with van der Waals surface area (Å²) in [5.74, 6) is 1.45. The van der Waals surface area contributed by atoms with Crippen LogP contribution >= 0.6 is 0 Å². The molecule has 0 bridgehead atoms. The molecule has 1 atom stereocenters. The molecule has 0 aromatic heterocycles. The van der Waals surface area contributed by atoms with Gasteiger partial charge in [-0.2, -0.15) is 0 Å². The van der Waals surface area contributed by atoms with E-state index in [2.05, 4.69) is 32.6 Å². The van der Waals surface area contributed by atoms with E-state index >= 15 is 0 Å². The van der Waals surface area contributed by atoms with Crippen LogP contribution < -0.4 is 0 Å². The van der Waals surface area contributed by atoms with Gasteiger partial charge in [-0.05, 0) is 25.7 Å². The topological polar surface area (TPSA) is 12.5 Å². The fraction of sp³-hybridized carbons (Fsp3) is 1.00. The Kier molecular flexibility index (Phi) is 4.20. The zero-order valence-corrected chi connectivity index (χ0v) is 9.42.